The monoisotopic (exact) mass is 369 g/mol. The van der Waals surface area contributed by atoms with Crippen LogP contribution in [0.1, 0.15) is 26.3 Å². The lowest BCUT2D eigenvalue weighted by atomic mass is 10.0. The molecule has 1 atom stereocenters. The predicted octanol–water partition coefficient (Wildman–Crippen LogP) is 3.80. The van der Waals surface area contributed by atoms with Crippen LogP contribution in [-0.2, 0) is 16.0 Å². The molecule has 0 heterocycles. The molecule has 0 aliphatic heterocycles. The lowest BCUT2D eigenvalue weighted by molar-refractivity contribution is -0.118. The highest BCUT2D eigenvalue weighted by Gasteiger charge is 2.24. The fourth-order valence-corrected chi connectivity index (χ4v) is 2.45. The molecule has 1 unspecified atom stereocenters. The molecule has 0 aliphatic rings. The van der Waals surface area contributed by atoms with Crippen molar-refractivity contribution in [3.63, 3.8) is 0 Å². The van der Waals surface area contributed by atoms with Gasteiger partial charge >= 0.3 is 6.09 Å². The third-order valence-corrected chi connectivity index (χ3v) is 3.73. The van der Waals surface area contributed by atoms with E-state index in [-0.39, 0.29) is 5.91 Å². The number of para-hydroxylation sites is 1. The van der Waals surface area contributed by atoms with Crippen molar-refractivity contribution >= 4 is 23.4 Å². The minimum atomic E-state index is -0.763. The molecule has 0 aromatic heterocycles. The Hall–Kier alpha value is -3.02. The third kappa shape index (κ3) is 7.01. The summed E-state index contributed by atoms with van der Waals surface area (Å²) >= 11 is 0. The van der Waals surface area contributed by atoms with Crippen LogP contribution < -0.4 is 16.0 Å². The van der Waals surface area contributed by atoms with Gasteiger partial charge in [-0.25, -0.2) is 4.79 Å². The van der Waals surface area contributed by atoms with Gasteiger partial charge in [-0.15, -0.1) is 0 Å². The molecule has 3 N–H and O–H groups in total. The van der Waals surface area contributed by atoms with E-state index in [0.717, 1.165) is 11.3 Å². The number of anilines is 2. The van der Waals surface area contributed by atoms with Gasteiger partial charge in [-0.2, -0.15) is 0 Å². The number of amides is 2. The second-order valence-electron chi connectivity index (χ2n) is 7.21. The van der Waals surface area contributed by atoms with Gasteiger partial charge in [0.25, 0.3) is 0 Å². The first kappa shape index (κ1) is 20.3. The largest absolute Gasteiger partial charge is 0.444 e. The molecule has 2 rings (SSSR count). The Morgan fingerprint density at radius 1 is 0.963 bits per heavy atom. The zero-order valence-electron chi connectivity index (χ0n) is 16.2. The third-order valence-electron chi connectivity index (χ3n) is 3.73. The molecular weight excluding hydrogens is 342 g/mol. The van der Waals surface area contributed by atoms with E-state index in [1.165, 1.54) is 0 Å². The molecule has 0 aliphatic carbocycles. The van der Waals surface area contributed by atoms with E-state index in [1.54, 1.807) is 32.9 Å². The van der Waals surface area contributed by atoms with Crippen LogP contribution >= 0.6 is 0 Å². The highest BCUT2D eigenvalue weighted by Crippen LogP contribution is 2.13. The van der Waals surface area contributed by atoms with E-state index < -0.39 is 17.7 Å². The van der Waals surface area contributed by atoms with Gasteiger partial charge < -0.3 is 20.7 Å². The summed E-state index contributed by atoms with van der Waals surface area (Å²) in [6.45, 7) is 5.34. The van der Waals surface area contributed by atoms with Gasteiger partial charge in [0, 0.05) is 24.8 Å². The number of ether oxygens (including phenoxy) is 1. The number of hydrogen-bond acceptors (Lipinski definition) is 4. The summed E-state index contributed by atoms with van der Waals surface area (Å²) in [5.74, 6) is -0.301. The van der Waals surface area contributed by atoms with Crippen LogP contribution in [0.4, 0.5) is 16.2 Å². The standard InChI is InChI=1S/C21H27N3O3/c1-21(2,3)27-20(26)24-18(14-15-10-12-16(22-4)13-11-15)19(25)23-17-8-6-5-7-9-17/h5-13,18,22H,14H2,1-4H3,(H,23,25)(H,24,26). The Bertz CT molecular complexity index is 752. The zero-order chi connectivity index (χ0) is 19.9. The summed E-state index contributed by atoms with van der Waals surface area (Å²) in [5.41, 5.74) is 1.94. The topological polar surface area (TPSA) is 79.5 Å². The molecule has 0 saturated carbocycles. The molecule has 0 radical (unpaired) electrons. The molecule has 6 heteroatoms. The van der Waals surface area contributed by atoms with Crippen LogP contribution in [0.5, 0.6) is 0 Å². The molecule has 0 bridgehead atoms. The predicted molar refractivity (Wildman–Crippen MR) is 108 cm³/mol. The zero-order valence-corrected chi connectivity index (χ0v) is 16.2. The highest BCUT2D eigenvalue weighted by molar-refractivity contribution is 5.96. The van der Waals surface area contributed by atoms with Crippen LogP contribution in [0, 0.1) is 0 Å². The molecule has 0 spiro atoms. The second-order valence-corrected chi connectivity index (χ2v) is 7.21. The van der Waals surface area contributed by atoms with Gasteiger partial charge in [-0.1, -0.05) is 30.3 Å². The van der Waals surface area contributed by atoms with Gasteiger partial charge in [0.15, 0.2) is 0 Å². The normalized spacial score (nSPS) is 12.0. The quantitative estimate of drug-likeness (QED) is 0.723. The first-order chi connectivity index (χ1) is 12.8. The van der Waals surface area contributed by atoms with Crippen molar-refractivity contribution in [3.8, 4) is 0 Å². The summed E-state index contributed by atoms with van der Waals surface area (Å²) < 4.78 is 5.30. The maximum Gasteiger partial charge on any atom is 0.408 e. The number of carbonyl (C=O) groups is 2. The molecule has 0 saturated heterocycles. The second kappa shape index (κ2) is 9.07. The number of alkyl carbamates (subject to hydrolysis) is 1. The van der Waals surface area contributed by atoms with Crippen LogP contribution in [0.3, 0.4) is 0 Å². The van der Waals surface area contributed by atoms with E-state index in [9.17, 15) is 9.59 Å². The lowest BCUT2D eigenvalue weighted by Gasteiger charge is -2.23. The molecule has 2 amide bonds. The van der Waals surface area contributed by atoms with E-state index in [4.69, 9.17) is 4.74 Å². The summed E-state index contributed by atoms with van der Waals surface area (Å²) in [4.78, 5) is 24.9. The van der Waals surface area contributed by atoms with Crippen LogP contribution in [-0.4, -0.2) is 30.7 Å². The van der Waals surface area contributed by atoms with E-state index >= 15 is 0 Å². The van der Waals surface area contributed by atoms with Gasteiger partial charge in [0.05, 0.1) is 0 Å². The minimum Gasteiger partial charge on any atom is -0.444 e. The Morgan fingerprint density at radius 2 is 1.59 bits per heavy atom. The van der Waals surface area contributed by atoms with Gasteiger partial charge in [0.2, 0.25) is 5.91 Å². The van der Waals surface area contributed by atoms with Gasteiger partial charge in [0.1, 0.15) is 11.6 Å². The number of carbonyl (C=O) groups excluding carboxylic acids is 2. The van der Waals surface area contributed by atoms with E-state index in [1.807, 2.05) is 49.5 Å². The summed E-state index contributed by atoms with van der Waals surface area (Å²) in [6.07, 6.45) is -0.274. The molecule has 2 aromatic rings. The van der Waals surface area contributed by atoms with Crippen molar-refractivity contribution in [3.05, 3.63) is 60.2 Å². The van der Waals surface area contributed by atoms with Gasteiger partial charge in [-0.3, -0.25) is 4.79 Å². The first-order valence-electron chi connectivity index (χ1n) is 8.89. The highest BCUT2D eigenvalue weighted by atomic mass is 16.6. The SMILES string of the molecule is CNc1ccc(CC(NC(=O)OC(C)(C)C)C(=O)Nc2ccccc2)cc1. The summed E-state index contributed by atoms with van der Waals surface area (Å²) in [5, 5.41) is 8.57. The lowest BCUT2D eigenvalue weighted by Crippen LogP contribution is -2.47. The van der Waals surface area contributed by atoms with Crippen LogP contribution in [0.25, 0.3) is 0 Å². The number of nitrogens with one attached hydrogen (secondary N) is 3. The average Bonchev–Trinajstić information content (AvgIpc) is 2.61. The number of hydrogen-bond donors (Lipinski definition) is 3. The summed E-state index contributed by atoms with van der Waals surface area (Å²) in [7, 11) is 1.84. The number of benzene rings is 2. The number of rotatable bonds is 6. The van der Waals surface area contributed by atoms with Crippen LogP contribution in [0.15, 0.2) is 54.6 Å². The molecule has 6 nitrogen and oxygen atoms in total. The molecular formula is C21H27N3O3. The molecule has 144 valence electrons. The smallest absolute Gasteiger partial charge is 0.408 e. The van der Waals surface area contributed by atoms with Crippen molar-refractivity contribution in [1.82, 2.24) is 5.32 Å². The van der Waals surface area contributed by atoms with E-state index in [0.29, 0.717) is 12.1 Å². The van der Waals surface area contributed by atoms with Crippen LogP contribution in [0.2, 0.25) is 0 Å². The van der Waals surface area contributed by atoms with Crippen molar-refractivity contribution in [2.45, 2.75) is 38.8 Å². The minimum absolute atomic E-state index is 0.301. The van der Waals surface area contributed by atoms with Crippen molar-refractivity contribution in [1.29, 1.82) is 0 Å². The van der Waals surface area contributed by atoms with Crippen molar-refractivity contribution in [2.75, 3.05) is 17.7 Å². The fourth-order valence-electron chi connectivity index (χ4n) is 2.45. The van der Waals surface area contributed by atoms with Crippen molar-refractivity contribution < 1.29 is 14.3 Å². The Kier molecular flexibility index (Phi) is 6.82. The Morgan fingerprint density at radius 3 is 2.15 bits per heavy atom. The molecule has 0 fully saturated rings. The summed E-state index contributed by atoms with van der Waals surface area (Å²) in [6, 6.07) is 16.1. The Balaban J connectivity index is 2.13. The fraction of sp³-hybridized carbons (Fsp3) is 0.333. The first-order valence-corrected chi connectivity index (χ1v) is 8.89. The van der Waals surface area contributed by atoms with E-state index in [2.05, 4.69) is 16.0 Å². The molecule has 27 heavy (non-hydrogen) atoms. The Labute approximate surface area is 160 Å². The maximum atomic E-state index is 12.7. The van der Waals surface area contributed by atoms with Gasteiger partial charge in [-0.05, 0) is 50.6 Å². The maximum absolute atomic E-state index is 12.7. The average molecular weight is 369 g/mol. The molecule has 2 aromatic carbocycles. The van der Waals surface area contributed by atoms with Crippen molar-refractivity contribution in [2.24, 2.45) is 0 Å².